The van der Waals surface area contributed by atoms with Crippen molar-refractivity contribution in [3.63, 3.8) is 0 Å². The molecule has 0 aliphatic carbocycles. The molecule has 4 nitrogen and oxygen atoms in total. The highest BCUT2D eigenvalue weighted by Gasteiger charge is 2.31. The van der Waals surface area contributed by atoms with Crippen LogP contribution >= 0.6 is 0 Å². The summed E-state index contributed by atoms with van der Waals surface area (Å²) < 4.78 is 12.7. The zero-order valence-electron chi connectivity index (χ0n) is 49.5. The highest BCUT2D eigenvalue weighted by molar-refractivity contribution is 6.47. The summed E-state index contributed by atoms with van der Waals surface area (Å²) in [6.07, 6.45) is 0. The van der Waals surface area contributed by atoms with Crippen LogP contribution in [0.3, 0.4) is 0 Å². The molecular formula is C78H72N2O2. The summed E-state index contributed by atoms with van der Waals surface area (Å²) in [4.78, 5) is 4.86. The van der Waals surface area contributed by atoms with Crippen molar-refractivity contribution in [2.45, 2.75) is 105 Å². The fourth-order valence-corrected chi connectivity index (χ4v) is 12.7. The van der Waals surface area contributed by atoms with Crippen LogP contribution in [0, 0.1) is 0 Å². The molecule has 13 aromatic carbocycles. The quantitative estimate of drug-likeness (QED) is 0.136. The van der Waals surface area contributed by atoms with Crippen molar-refractivity contribution in [3.05, 3.63) is 230 Å². The van der Waals surface area contributed by atoms with Gasteiger partial charge in [0.25, 0.3) is 0 Å². The Morgan fingerprint density at radius 2 is 0.549 bits per heavy atom. The van der Waals surface area contributed by atoms with Gasteiger partial charge in [0.15, 0.2) is 0 Å². The molecule has 13 rings (SSSR count). The highest BCUT2D eigenvalue weighted by atomic mass is 16.5. The molecule has 0 amide bonds. The van der Waals surface area contributed by atoms with Crippen molar-refractivity contribution < 1.29 is 9.47 Å². The lowest BCUT2D eigenvalue weighted by Gasteiger charge is -2.29. The summed E-state index contributed by atoms with van der Waals surface area (Å²) in [6.45, 7) is 26.2. The molecule has 0 heterocycles. The summed E-state index contributed by atoms with van der Waals surface area (Å²) in [5.41, 5.74) is 13.4. The van der Waals surface area contributed by atoms with Crippen LogP contribution in [0.5, 0.6) is 11.5 Å². The van der Waals surface area contributed by atoms with E-state index in [4.69, 9.17) is 9.47 Å². The SMILES string of the molecule is CC(C)(C)Oc1ccc(N(c2ccc(C(C)(C)C)cc2)c2ccc3c4c(-c5ccccc5)c5c6ccc(N(c7ccc(OC(C)(C)C)cc7)c7ccc(C(C)(C)C)cc7)c7cccc(c5c(-c5ccccc5)c4c4cccc2c43)c76)cc1. The average Bonchev–Trinajstić information content (AvgIpc) is 1.68. The Hall–Kier alpha value is -8.86. The summed E-state index contributed by atoms with van der Waals surface area (Å²) in [6, 6.07) is 81.4. The maximum absolute atomic E-state index is 6.37. The predicted molar refractivity (Wildman–Crippen MR) is 352 cm³/mol. The van der Waals surface area contributed by atoms with Crippen LogP contribution in [-0.2, 0) is 10.8 Å². The standard InChI is InChI=1S/C78H72N2O2/c1-75(2,3)51-29-33-53(34-30-51)79(55-37-41-57(42-38-55)81-77(7,8)9)65-47-45-63-69-59(65)25-19-27-61(69)71-67(49-21-15-13-16-22-49)72-62-28-20-26-60-66(48-46-64(70(60)62)74(72)68(73(63)71)50-23-17-14-18-24-50)80(54-35-31-52(32-36-54)76(4,5)6)56-39-43-58(44-40-56)82-78(10,11)12/h13-48H,1-12H3. The third kappa shape index (κ3) is 9.19. The summed E-state index contributed by atoms with van der Waals surface area (Å²) >= 11 is 0. The van der Waals surface area contributed by atoms with E-state index < -0.39 is 0 Å². The Morgan fingerprint density at radius 1 is 0.256 bits per heavy atom. The number of hydrogen-bond donors (Lipinski definition) is 0. The molecule has 0 bridgehead atoms. The van der Waals surface area contributed by atoms with E-state index in [2.05, 4.69) is 311 Å². The lowest BCUT2D eigenvalue weighted by molar-refractivity contribution is 0.130. The molecule has 4 heteroatoms. The van der Waals surface area contributed by atoms with Gasteiger partial charge in [-0.3, -0.25) is 0 Å². The molecule has 0 aliphatic heterocycles. The number of hydrogen-bond acceptors (Lipinski definition) is 4. The van der Waals surface area contributed by atoms with Crippen LogP contribution in [0.1, 0.15) is 94.2 Å². The number of benzene rings is 11. The first-order valence-corrected chi connectivity index (χ1v) is 29.1. The van der Waals surface area contributed by atoms with Crippen LogP contribution in [-0.4, -0.2) is 11.2 Å². The number of fused-ring (bicyclic) bond motifs is 6. The van der Waals surface area contributed by atoms with E-state index in [9.17, 15) is 0 Å². The molecule has 0 saturated carbocycles. The molecule has 0 fully saturated rings. The van der Waals surface area contributed by atoms with Crippen LogP contribution in [0.4, 0.5) is 34.1 Å². The van der Waals surface area contributed by atoms with E-state index in [1.807, 2.05) is 0 Å². The first-order valence-electron chi connectivity index (χ1n) is 29.1. The van der Waals surface area contributed by atoms with Crippen molar-refractivity contribution >= 4 is 98.8 Å². The minimum absolute atomic E-state index is 0.0127. The maximum Gasteiger partial charge on any atom is 0.120 e. The molecule has 0 spiro atoms. The molecule has 0 aromatic heterocycles. The van der Waals surface area contributed by atoms with Gasteiger partial charge in [-0.15, -0.1) is 0 Å². The van der Waals surface area contributed by atoms with Crippen LogP contribution in [0.25, 0.3) is 86.9 Å². The molecule has 0 radical (unpaired) electrons. The van der Waals surface area contributed by atoms with E-state index in [0.29, 0.717) is 0 Å². The topological polar surface area (TPSA) is 24.9 Å². The first kappa shape index (κ1) is 52.5. The second-order valence-corrected chi connectivity index (χ2v) is 26.4. The van der Waals surface area contributed by atoms with E-state index in [1.54, 1.807) is 0 Å². The van der Waals surface area contributed by atoms with Crippen molar-refractivity contribution in [1.29, 1.82) is 0 Å². The maximum atomic E-state index is 6.37. The smallest absolute Gasteiger partial charge is 0.120 e. The van der Waals surface area contributed by atoms with Gasteiger partial charge in [0.05, 0.1) is 11.4 Å². The molecule has 0 atom stereocenters. The Bertz CT molecular complexity index is 4130. The Labute approximate surface area is 483 Å². The van der Waals surface area contributed by atoms with Gasteiger partial charge in [0.2, 0.25) is 0 Å². The third-order valence-corrected chi connectivity index (χ3v) is 16.2. The van der Waals surface area contributed by atoms with Crippen molar-refractivity contribution in [3.8, 4) is 33.8 Å². The minimum atomic E-state index is -0.318. The zero-order valence-corrected chi connectivity index (χ0v) is 49.5. The van der Waals surface area contributed by atoms with Gasteiger partial charge in [-0.2, -0.15) is 0 Å². The molecule has 0 saturated heterocycles. The number of ether oxygens (including phenoxy) is 2. The van der Waals surface area contributed by atoms with Gasteiger partial charge in [-0.1, -0.05) is 175 Å². The minimum Gasteiger partial charge on any atom is -0.488 e. The number of rotatable bonds is 10. The predicted octanol–water partition coefficient (Wildman–Crippen LogP) is 22.7. The van der Waals surface area contributed by atoms with Crippen molar-refractivity contribution in [2.75, 3.05) is 9.80 Å². The van der Waals surface area contributed by atoms with Gasteiger partial charge >= 0.3 is 0 Å². The van der Waals surface area contributed by atoms with Gasteiger partial charge in [0.1, 0.15) is 22.7 Å². The lowest BCUT2D eigenvalue weighted by Crippen LogP contribution is -2.22. The molecular weight excluding hydrogens is 997 g/mol. The summed E-state index contributed by atoms with van der Waals surface area (Å²) in [5.74, 6) is 1.69. The highest BCUT2D eigenvalue weighted by Crippen LogP contribution is 2.58. The van der Waals surface area contributed by atoms with Gasteiger partial charge in [0, 0.05) is 33.5 Å². The molecule has 0 unspecified atom stereocenters. The largest absolute Gasteiger partial charge is 0.488 e. The van der Waals surface area contributed by atoms with E-state index >= 15 is 0 Å². The van der Waals surface area contributed by atoms with Gasteiger partial charge < -0.3 is 19.3 Å². The van der Waals surface area contributed by atoms with Crippen LogP contribution in [0.15, 0.2) is 218 Å². The molecule has 13 aromatic rings. The normalized spacial score (nSPS) is 12.6. The van der Waals surface area contributed by atoms with E-state index in [0.717, 1.165) is 45.6 Å². The fraction of sp³-hybridized carbons (Fsp3) is 0.205. The van der Waals surface area contributed by atoms with E-state index in [-0.39, 0.29) is 22.0 Å². The van der Waals surface area contributed by atoms with E-state index in [1.165, 1.54) is 98.0 Å². The van der Waals surface area contributed by atoms with Crippen LogP contribution < -0.4 is 19.3 Å². The average molecular weight is 1070 g/mol. The third-order valence-electron chi connectivity index (χ3n) is 16.2. The fourth-order valence-electron chi connectivity index (χ4n) is 12.7. The lowest BCUT2D eigenvalue weighted by atomic mass is 9.87. The summed E-state index contributed by atoms with van der Waals surface area (Å²) in [5, 5.41) is 15.0. The van der Waals surface area contributed by atoms with Crippen LogP contribution in [0.2, 0.25) is 0 Å². The Morgan fingerprint density at radius 3 is 0.854 bits per heavy atom. The molecule has 82 heavy (non-hydrogen) atoms. The Kier molecular flexibility index (Phi) is 12.4. The first-order chi connectivity index (χ1) is 39.2. The number of anilines is 6. The van der Waals surface area contributed by atoms with Gasteiger partial charge in [-0.05, 0) is 225 Å². The molecule has 0 aliphatic rings. The summed E-state index contributed by atoms with van der Waals surface area (Å²) in [7, 11) is 0. The van der Waals surface area contributed by atoms with Crippen molar-refractivity contribution in [2.24, 2.45) is 0 Å². The van der Waals surface area contributed by atoms with Crippen molar-refractivity contribution in [1.82, 2.24) is 0 Å². The number of nitrogens with zero attached hydrogens (tertiary/aromatic N) is 2. The molecule has 406 valence electrons. The second-order valence-electron chi connectivity index (χ2n) is 26.4. The van der Waals surface area contributed by atoms with Gasteiger partial charge in [-0.25, -0.2) is 0 Å². The second kappa shape index (κ2) is 19.4. The molecule has 0 N–H and O–H groups in total. The zero-order chi connectivity index (χ0) is 57.0. The Balaban J connectivity index is 1.11. The monoisotopic (exact) mass is 1070 g/mol.